The Kier molecular flexibility index (Phi) is 6.50. The lowest BCUT2D eigenvalue weighted by molar-refractivity contribution is -0.308. The van der Waals surface area contributed by atoms with Gasteiger partial charge in [-0.25, -0.2) is 0 Å². The molecule has 0 saturated carbocycles. The molecule has 0 fully saturated rings. The van der Waals surface area contributed by atoms with Gasteiger partial charge in [0.25, 0.3) is 0 Å². The van der Waals surface area contributed by atoms with Crippen LogP contribution in [0.5, 0.6) is 0 Å². The van der Waals surface area contributed by atoms with Gasteiger partial charge in [-0.1, -0.05) is 0 Å². The highest BCUT2D eigenvalue weighted by molar-refractivity contribution is 5.84. The molecule has 1 amide bonds. The van der Waals surface area contributed by atoms with Gasteiger partial charge in [-0.3, -0.25) is 4.79 Å². The number of amides is 1. The van der Waals surface area contributed by atoms with Gasteiger partial charge in [0.15, 0.2) is 0 Å². The van der Waals surface area contributed by atoms with Gasteiger partial charge < -0.3 is 29.9 Å². The van der Waals surface area contributed by atoms with Crippen molar-refractivity contribution >= 4 is 24.1 Å². The smallest absolute Gasteiger partial charge is 0.220 e. The van der Waals surface area contributed by atoms with E-state index in [9.17, 15) is 29.4 Å². The van der Waals surface area contributed by atoms with Crippen molar-refractivity contribution in [1.29, 1.82) is 0 Å². The van der Waals surface area contributed by atoms with Gasteiger partial charge >= 0.3 is 0 Å². The summed E-state index contributed by atoms with van der Waals surface area (Å²) < 4.78 is 0. The summed E-state index contributed by atoms with van der Waals surface area (Å²) in [5, 5.41) is 22.6. The standard InChI is InChI=1S/C9H13NO6/c11-5-1-2-6(9(15)16)10-7(12)3-4-8(13)14/h5-6H,1-4H2,(H,10,12)(H,13,14)(H,15,16)/p-2/t6-/m0/s1. The fourth-order valence-electron chi connectivity index (χ4n) is 0.966. The van der Waals surface area contributed by atoms with Crippen molar-refractivity contribution in [1.82, 2.24) is 5.32 Å². The molecule has 0 saturated heterocycles. The summed E-state index contributed by atoms with van der Waals surface area (Å²) in [6.07, 6.45) is -0.446. The molecule has 0 aromatic rings. The van der Waals surface area contributed by atoms with E-state index in [1.54, 1.807) is 0 Å². The summed E-state index contributed by atoms with van der Waals surface area (Å²) in [5.41, 5.74) is 0. The number of nitrogens with one attached hydrogen (secondary N) is 1. The van der Waals surface area contributed by atoms with Crippen LogP contribution in [0.3, 0.4) is 0 Å². The summed E-state index contributed by atoms with van der Waals surface area (Å²) >= 11 is 0. The van der Waals surface area contributed by atoms with E-state index in [1.165, 1.54) is 0 Å². The minimum Gasteiger partial charge on any atom is -0.550 e. The molecule has 0 aromatic heterocycles. The van der Waals surface area contributed by atoms with Crippen LogP contribution in [0.15, 0.2) is 0 Å². The van der Waals surface area contributed by atoms with Gasteiger partial charge in [0.2, 0.25) is 5.91 Å². The molecule has 16 heavy (non-hydrogen) atoms. The normalized spacial score (nSPS) is 11.5. The SMILES string of the molecule is O=CCC[C@H](NC(=O)CCC(=O)[O-])C(=O)[O-]. The quantitative estimate of drug-likeness (QED) is 0.435. The van der Waals surface area contributed by atoms with Gasteiger partial charge in [-0.05, 0) is 12.8 Å². The van der Waals surface area contributed by atoms with Crippen molar-refractivity contribution in [2.75, 3.05) is 0 Å². The van der Waals surface area contributed by atoms with Gasteiger partial charge in [0.1, 0.15) is 6.29 Å². The van der Waals surface area contributed by atoms with Crippen LogP contribution in [-0.4, -0.2) is 30.2 Å². The Morgan fingerprint density at radius 2 is 1.81 bits per heavy atom. The summed E-state index contributed by atoms with van der Waals surface area (Å²) in [6, 6.07) is -1.28. The van der Waals surface area contributed by atoms with Gasteiger partial charge in [0.05, 0.1) is 12.0 Å². The Morgan fingerprint density at radius 3 is 2.25 bits per heavy atom. The van der Waals surface area contributed by atoms with Crippen molar-refractivity contribution in [3.8, 4) is 0 Å². The van der Waals surface area contributed by atoms with E-state index < -0.39 is 30.3 Å². The summed E-state index contributed by atoms with van der Waals surface area (Å²) in [5.74, 6) is -3.64. The third-order valence-corrected chi connectivity index (χ3v) is 1.75. The lowest BCUT2D eigenvalue weighted by Gasteiger charge is -2.18. The number of aldehydes is 1. The molecule has 1 N–H and O–H groups in total. The van der Waals surface area contributed by atoms with Crippen molar-refractivity contribution in [3.05, 3.63) is 0 Å². The minimum atomic E-state index is -1.51. The highest BCUT2D eigenvalue weighted by atomic mass is 16.4. The number of rotatable bonds is 8. The van der Waals surface area contributed by atoms with Crippen molar-refractivity contribution in [3.63, 3.8) is 0 Å². The third kappa shape index (κ3) is 6.52. The number of hydrogen-bond donors (Lipinski definition) is 1. The summed E-state index contributed by atoms with van der Waals surface area (Å²) in [6.45, 7) is 0. The van der Waals surface area contributed by atoms with Crippen molar-refractivity contribution in [2.24, 2.45) is 0 Å². The van der Waals surface area contributed by atoms with Crippen LogP contribution in [-0.2, 0) is 19.2 Å². The van der Waals surface area contributed by atoms with Crippen LogP contribution < -0.4 is 15.5 Å². The molecule has 0 rings (SSSR count). The lowest BCUT2D eigenvalue weighted by atomic mass is 10.1. The van der Waals surface area contributed by atoms with Crippen LogP contribution >= 0.6 is 0 Å². The molecule has 0 bridgehead atoms. The monoisotopic (exact) mass is 229 g/mol. The topological polar surface area (TPSA) is 126 Å². The van der Waals surface area contributed by atoms with Crippen LogP contribution in [0.25, 0.3) is 0 Å². The van der Waals surface area contributed by atoms with E-state index in [0.29, 0.717) is 6.29 Å². The molecule has 0 aliphatic carbocycles. The van der Waals surface area contributed by atoms with E-state index in [4.69, 9.17) is 0 Å². The average Bonchev–Trinajstić information content (AvgIpc) is 2.20. The molecule has 90 valence electrons. The average molecular weight is 229 g/mol. The summed E-state index contributed by atoms with van der Waals surface area (Å²) in [4.78, 5) is 41.6. The number of carboxylic acids is 2. The minimum absolute atomic E-state index is 0.0284. The molecule has 0 unspecified atom stereocenters. The Hall–Kier alpha value is -1.92. The molecule has 0 heterocycles. The zero-order valence-electron chi connectivity index (χ0n) is 8.43. The maximum absolute atomic E-state index is 11.0. The Morgan fingerprint density at radius 1 is 1.19 bits per heavy atom. The highest BCUT2D eigenvalue weighted by Crippen LogP contribution is 1.96. The van der Waals surface area contributed by atoms with Crippen LogP contribution in [0.4, 0.5) is 0 Å². The molecule has 0 aliphatic rings. The third-order valence-electron chi connectivity index (χ3n) is 1.75. The number of carboxylic acid groups (broad SMARTS) is 2. The largest absolute Gasteiger partial charge is 0.550 e. The van der Waals surface area contributed by atoms with Crippen LogP contribution in [0, 0.1) is 0 Å². The predicted octanol–water partition coefficient (Wildman–Crippen LogP) is -3.27. The second kappa shape index (κ2) is 7.38. The Balaban J connectivity index is 4.07. The van der Waals surface area contributed by atoms with Gasteiger partial charge in [0, 0.05) is 18.8 Å². The zero-order valence-corrected chi connectivity index (χ0v) is 8.43. The molecule has 0 aromatic carbocycles. The molecule has 7 heteroatoms. The maximum Gasteiger partial charge on any atom is 0.220 e. The van der Waals surface area contributed by atoms with E-state index in [-0.39, 0.29) is 19.3 Å². The van der Waals surface area contributed by atoms with Crippen LogP contribution in [0.2, 0.25) is 0 Å². The molecule has 7 nitrogen and oxygen atoms in total. The molecular weight excluding hydrogens is 218 g/mol. The first kappa shape index (κ1) is 14.1. The number of carbonyl (C=O) groups excluding carboxylic acids is 4. The molecule has 1 atom stereocenters. The highest BCUT2D eigenvalue weighted by Gasteiger charge is 2.12. The maximum atomic E-state index is 11.0. The van der Waals surface area contributed by atoms with Crippen molar-refractivity contribution < 1.29 is 29.4 Å². The fourth-order valence-corrected chi connectivity index (χ4v) is 0.966. The van der Waals surface area contributed by atoms with E-state index in [1.807, 2.05) is 0 Å². The predicted molar refractivity (Wildman–Crippen MR) is 46.5 cm³/mol. The van der Waals surface area contributed by atoms with Crippen LogP contribution in [0.1, 0.15) is 25.7 Å². The fraction of sp³-hybridized carbons (Fsp3) is 0.556. The second-order valence-electron chi connectivity index (χ2n) is 3.06. The first-order valence-corrected chi connectivity index (χ1v) is 4.61. The zero-order chi connectivity index (χ0) is 12.6. The number of hydrogen-bond acceptors (Lipinski definition) is 6. The molecule has 0 aliphatic heterocycles. The molecule has 0 radical (unpaired) electrons. The first-order chi connectivity index (χ1) is 7.47. The number of carbonyl (C=O) groups is 4. The second-order valence-corrected chi connectivity index (χ2v) is 3.06. The molecule has 0 spiro atoms. The Labute approximate surface area is 91.4 Å². The van der Waals surface area contributed by atoms with E-state index >= 15 is 0 Å². The van der Waals surface area contributed by atoms with E-state index in [0.717, 1.165) is 0 Å². The summed E-state index contributed by atoms with van der Waals surface area (Å²) in [7, 11) is 0. The van der Waals surface area contributed by atoms with E-state index in [2.05, 4.69) is 5.32 Å². The van der Waals surface area contributed by atoms with Crippen molar-refractivity contribution in [2.45, 2.75) is 31.7 Å². The lowest BCUT2D eigenvalue weighted by Crippen LogP contribution is -2.48. The molecular formula is C9H11NO6-2. The Bertz CT molecular complexity index is 288. The van der Waals surface area contributed by atoms with Gasteiger partial charge in [-0.2, -0.15) is 0 Å². The first-order valence-electron chi connectivity index (χ1n) is 4.61. The number of aliphatic carboxylic acids is 2. The van der Waals surface area contributed by atoms with Gasteiger partial charge in [-0.15, -0.1) is 0 Å².